The highest BCUT2D eigenvalue weighted by Crippen LogP contribution is 2.35. The van der Waals surface area contributed by atoms with Crippen molar-refractivity contribution in [1.82, 2.24) is 20.0 Å². The summed E-state index contributed by atoms with van der Waals surface area (Å²) in [7, 11) is 5.44. The van der Waals surface area contributed by atoms with Crippen LogP contribution in [0.15, 0.2) is 28.9 Å². The normalized spacial score (nSPS) is 21.1. The van der Waals surface area contributed by atoms with Crippen molar-refractivity contribution in [3.63, 3.8) is 0 Å². The highest BCUT2D eigenvalue weighted by Gasteiger charge is 2.35. The van der Waals surface area contributed by atoms with E-state index >= 15 is 0 Å². The molecule has 0 bridgehead atoms. The van der Waals surface area contributed by atoms with E-state index in [9.17, 15) is 4.79 Å². The SMILES string of the molecule is COCc1ccc(CNC[C@H]2CCC(=O)N(C)[C@@H]2c2cnn(C)c2)o1. The Hall–Kier alpha value is -2.12. The number of nitrogens with one attached hydrogen (secondary N) is 1. The summed E-state index contributed by atoms with van der Waals surface area (Å²) in [6, 6.07) is 3.96. The minimum Gasteiger partial charge on any atom is -0.462 e. The second kappa shape index (κ2) is 7.84. The minimum atomic E-state index is 0.0584. The average molecular weight is 346 g/mol. The summed E-state index contributed by atoms with van der Waals surface area (Å²) in [5.74, 6) is 2.27. The Bertz CT molecular complexity index is 709. The van der Waals surface area contributed by atoms with Gasteiger partial charge in [-0.05, 0) is 24.5 Å². The molecule has 136 valence electrons. The second-order valence-electron chi connectivity index (χ2n) is 6.63. The van der Waals surface area contributed by atoms with Crippen molar-refractivity contribution < 1.29 is 13.9 Å². The van der Waals surface area contributed by atoms with Crippen LogP contribution >= 0.6 is 0 Å². The summed E-state index contributed by atoms with van der Waals surface area (Å²) in [5.41, 5.74) is 1.09. The molecule has 1 aliphatic rings. The molecule has 1 amide bonds. The summed E-state index contributed by atoms with van der Waals surface area (Å²) >= 11 is 0. The van der Waals surface area contributed by atoms with Crippen molar-refractivity contribution in [2.45, 2.75) is 32.0 Å². The number of ether oxygens (including phenoxy) is 1. The van der Waals surface area contributed by atoms with Crippen molar-refractivity contribution in [3.05, 3.63) is 41.6 Å². The van der Waals surface area contributed by atoms with Gasteiger partial charge in [-0.1, -0.05) is 0 Å². The number of amides is 1. The third-order valence-corrected chi connectivity index (χ3v) is 4.76. The average Bonchev–Trinajstić information content (AvgIpc) is 3.20. The summed E-state index contributed by atoms with van der Waals surface area (Å²) < 4.78 is 12.6. The fraction of sp³-hybridized carbons (Fsp3) is 0.556. The van der Waals surface area contributed by atoms with Gasteiger partial charge >= 0.3 is 0 Å². The quantitative estimate of drug-likeness (QED) is 0.828. The van der Waals surface area contributed by atoms with Crippen LogP contribution in [0, 0.1) is 5.92 Å². The van der Waals surface area contributed by atoms with Crippen LogP contribution < -0.4 is 5.32 Å². The predicted molar refractivity (Wildman–Crippen MR) is 92.6 cm³/mol. The standard InChI is InChI=1S/C18H26N4O3/c1-21-11-14(9-20-21)18-13(4-7-17(23)22(18)2)8-19-10-15-5-6-16(25-15)12-24-3/h5-6,9,11,13,18-19H,4,7-8,10,12H2,1-3H3/t13-,18+/m1/s1. The molecular weight excluding hydrogens is 320 g/mol. The van der Waals surface area contributed by atoms with Crippen molar-refractivity contribution in [2.75, 3.05) is 20.7 Å². The van der Waals surface area contributed by atoms with Crippen LogP contribution in [0.25, 0.3) is 0 Å². The molecule has 7 nitrogen and oxygen atoms in total. The second-order valence-corrected chi connectivity index (χ2v) is 6.63. The van der Waals surface area contributed by atoms with Crippen LogP contribution in [-0.4, -0.2) is 41.3 Å². The van der Waals surface area contributed by atoms with E-state index in [0.29, 0.717) is 25.5 Å². The zero-order valence-corrected chi connectivity index (χ0v) is 15.1. The van der Waals surface area contributed by atoms with E-state index in [2.05, 4.69) is 10.4 Å². The maximum atomic E-state index is 12.1. The maximum Gasteiger partial charge on any atom is 0.222 e. The van der Waals surface area contributed by atoms with Gasteiger partial charge in [0.2, 0.25) is 5.91 Å². The van der Waals surface area contributed by atoms with E-state index in [4.69, 9.17) is 9.15 Å². The number of nitrogens with zero attached hydrogens (tertiary/aromatic N) is 3. The first-order valence-corrected chi connectivity index (χ1v) is 8.60. The van der Waals surface area contributed by atoms with E-state index in [1.807, 2.05) is 43.5 Å². The van der Waals surface area contributed by atoms with E-state index in [1.165, 1.54) is 0 Å². The van der Waals surface area contributed by atoms with E-state index in [0.717, 1.165) is 30.0 Å². The number of carbonyl (C=O) groups is 1. The number of methoxy groups -OCH3 is 1. The molecule has 2 aromatic rings. The lowest BCUT2D eigenvalue weighted by atomic mass is 9.85. The van der Waals surface area contributed by atoms with Gasteiger partial charge in [-0.2, -0.15) is 5.10 Å². The van der Waals surface area contributed by atoms with Gasteiger partial charge in [-0.15, -0.1) is 0 Å². The number of piperidine rings is 1. The molecule has 0 radical (unpaired) electrons. The number of rotatable bonds is 7. The van der Waals surface area contributed by atoms with E-state index < -0.39 is 0 Å². The number of hydrogen-bond acceptors (Lipinski definition) is 5. The molecule has 0 aromatic carbocycles. The van der Waals surface area contributed by atoms with Crippen molar-refractivity contribution in [1.29, 1.82) is 0 Å². The Morgan fingerprint density at radius 3 is 2.88 bits per heavy atom. The molecular formula is C18H26N4O3. The molecule has 0 saturated carbocycles. The number of aromatic nitrogens is 2. The predicted octanol–water partition coefficient (Wildman–Crippen LogP) is 1.86. The first-order chi connectivity index (χ1) is 12.1. The number of furan rings is 1. The summed E-state index contributed by atoms with van der Waals surface area (Å²) in [6.07, 6.45) is 5.33. The molecule has 3 heterocycles. The zero-order valence-electron chi connectivity index (χ0n) is 15.1. The van der Waals surface area contributed by atoms with Crippen LogP contribution in [0.5, 0.6) is 0 Å². The van der Waals surface area contributed by atoms with Gasteiger partial charge in [0.1, 0.15) is 18.1 Å². The van der Waals surface area contributed by atoms with Crippen LogP contribution in [0.3, 0.4) is 0 Å². The zero-order chi connectivity index (χ0) is 17.8. The molecule has 3 rings (SSSR count). The Labute approximate surface area is 147 Å². The molecule has 7 heteroatoms. The monoisotopic (exact) mass is 346 g/mol. The summed E-state index contributed by atoms with van der Waals surface area (Å²) in [4.78, 5) is 14.0. The summed E-state index contributed by atoms with van der Waals surface area (Å²) in [6.45, 7) is 1.97. The van der Waals surface area contributed by atoms with Gasteiger partial charge in [-0.25, -0.2) is 0 Å². The van der Waals surface area contributed by atoms with Crippen LogP contribution in [-0.2, 0) is 29.7 Å². The lowest BCUT2D eigenvalue weighted by Gasteiger charge is -2.38. The number of carbonyl (C=O) groups excluding carboxylic acids is 1. The molecule has 0 unspecified atom stereocenters. The van der Waals surface area contributed by atoms with Gasteiger partial charge in [0.15, 0.2) is 0 Å². The van der Waals surface area contributed by atoms with Crippen molar-refractivity contribution in [3.8, 4) is 0 Å². The fourth-order valence-corrected chi connectivity index (χ4v) is 3.53. The molecule has 1 saturated heterocycles. The Kier molecular flexibility index (Phi) is 5.55. The third kappa shape index (κ3) is 4.11. The number of likely N-dealkylation sites (tertiary alicyclic amines) is 1. The molecule has 2 aromatic heterocycles. The Morgan fingerprint density at radius 2 is 2.16 bits per heavy atom. The van der Waals surface area contributed by atoms with Gasteiger partial charge < -0.3 is 19.4 Å². The Morgan fingerprint density at radius 1 is 1.36 bits per heavy atom. The van der Waals surface area contributed by atoms with Crippen LogP contribution in [0.1, 0.15) is 36.0 Å². The van der Waals surface area contributed by atoms with Crippen molar-refractivity contribution >= 4 is 5.91 Å². The van der Waals surface area contributed by atoms with E-state index in [1.54, 1.807) is 11.8 Å². The van der Waals surface area contributed by atoms with Crippen LogP contribution in [0.4, 0.5) is 0 Å². The van der Waals surface area contributed by atoms with Crippen LogP contribution in [0.2, 0.25) is 0 Å². The lowest BCUT2D eigenvalue weighted by Crippen LogP contribution is -2.43. The topological polar surface area (TPSA) is 72.5 Å². The molecule has 1 aliphatic heterocycles. The van der Waals surface area contributed by atoms with Gasteiger partial charge in [0.25, 0.3) is 0 Å². The first-order valence-electron chi connectivity index (χ1n) is 8.60. The molecule has 0 spiro atoms. The molecule has 2 atom stereocenters. The highest BCUT2D eigenvalue weighted by molar-refractivity contribution is 5.77. The first kappa shape index (κ1) is 17.7. The van der Waals surface area contributed by atoms with Gasteiger partial charge in [0, 0.05) is 45.9 Å². The number of aryl methyl sites for hydroxylation is 1. The highest BCUT2D eigenvalue weighted by atomic mass is 16.5. The van der Waals surface area contributed by atoms with Gasteiger partial charge in [0.05, 0.1) is 18.8 Å². The maximum absolute atomic E-state index is 12.1. The molecule has 25 heavy (non-hydrogen) atoms. The minimum absolute atomic E-state index is 0.0584. The number of hydrogen-bond donors (Lipinski definition) is 1. The lowest BCUT2D eigenvalue weighted by molar-refractivity contribution is -0.137. The van der Waals surface area contributed by atoms with Crippen molar-refractivity contribution in [2.24, 2.45) is 13.0 Å². The largest absolute Gasteiger partial charge is 0.462 e. The molecule has 1 fully saturated rings. The van der Waals surface area contributed by atoms with Gasteiger partial charge in [-0.3, -0.25) is 9.48 Å². The molecule has 1 N–H and O–H groups in total. The molecule has 0 aliphatic carbocycles. The summed E-state index contributed by atoms with van der Waals surface area (Å²) in [5, 5.41) is 7.73. The smallest absolute Gasteiger partial charge is 0.222 e. The fourth-order valence-electron chi connectivity index (χ4n) is 3.53. The van der Waals surface area contributed by atoms with E-state index in [-0.39, 0.29) is 11.9 Å². The third-order valence-electron chi connectivity index (χ3n) is 4.76. The Balaban J connectivity index is 1.61.